The van der Waals surface area contributed by atoms with Gasteiger partial charge in [0.1, 0.15) is 11.5 Å². The third-order valence-corrected chi connectivity index (χ3v) is 2.31. The van der Waals surface area contributed by atoms with Gasteiger partial charge in [0.15, 0.2) is 0 Å². The monoisotopic (exact) mass is 180 g/mol. The number of aryl methyl sites for hydroxylation is 1. The van der Waals surface area contributed by atoms with Crippen LogP contribution in [0.5, 0.6) is 0 Å². The summed E-state index contributed by atoms with van der Waals surface area (Å²) in [5.74, 6) is -0.517. The van der Waals surface area contributed by atoms with Crippen LogP contribution < -0.4 is 5.32 Å². The Morgan fingerprint density at radius 2 is 2.15 bits per heavy atom. The Labute approximate surface area is 75.0 Å². The molecule has 0 aliphatic carbocycles. The number of hydrogen-bond donors (Lipinski definition) is 1. The largest absolute Gasteiger partial charge is 0.347 e. The summed E-state index contributed by atoms with van der Waals surface area (Å²) in [4.78, 5) is 15.1. The molecule has 2 rings (SSSR count). The van der Waals surface area contributed by atoms with E-state index in [1.54, 1.807) is 13.8 Å². The average Bonchev–Trinajstić information content (AvgIpc) is 2.45. The first-order chi connectivity index (χ1) is 6.11. The molecule has 0 radical (unpaired) electrons. The minimum atomic E-state index is -0.310. The van der Waals surface area contributed by atoms with Crippen LogP contribution in [0.1, 0.15) is 27.3 Å². The molecule has 0 spiro atoms. The predicted molar refractivity (Wildman–Crippen MR) is 44.8 cm³/mol. The summed E-state index contributed by atoms with van der Waals surface area (Å²) in [5, 5.41) is 2.61. The van der Waals surface area contributed by atoms with E-state index in [0.29, 0.717) is 23.4 Å². The number of aromatic nitrogens is 1. The van der Waals surface area contributed by atoms with Crippen molar-refractivity contribution < 1.29 is 9.18 Å². The highest BCUT2D eigenvalue weighted by Gasteiger charge is 2.24. The first-order valence-corrected chi connectivity index (χ1v) is 4.05. The topological polar surface area (TPSA) is 42.0 Å². The third-order valence-electron chi connectivity index (χ3n) is 2.31. The lowest BCUT2D eigenvalue weighted by Crippen LogP contribution is -2.13. The van der Waals surface area contributed by atoms with Gasteiger partial charge in [-0.3, -0.25) is 4.79 Å². The van der Waals surface area contributed by atoms with E-state index >= 15 is 0 Å². The van der Waals surface area contributed by atoms with Crippen molar-refractivity contribution in [2.24, 2.45) is 0 Å². The summed E-state index contributed by atoms with van der Waals surface area (Å²) in [7, 11) is 0. The molecule has 13 heavy (non-hydrogen) atoms. The summed E-state index contributed by atoms with van der Waals surface area (Å²) in [6.45, 7) is 3.63. The maximum atomic E-state index is 13.3. The Morgan fingerprint density at radius 1 is 1.46 bits per heavy atom. The molecule has 4 heteroatoms. The highest BCUT2D eigenvalue weighted by atomic mass is 19.1. The number of amides is 1. The van der Waals surface area contributed by atoms with E-state index in [0.717, 1.165) is 0 Å². The molecule has 0 fully saturated rings. The number of pyridine rings is 1. The van der Waals surface area contributed by atoms with E-state index in [-0.39, 0.29) is 17.4 Å². The van der Waals surface area contributed by atoms with Crippen molar-refractivity contribution in [3.8, 4) is 0 Å². The van der Waals surface area contributed by atoms with Crippen LogP contribution >= 0.6 is 0 Å². The predicted octanol–water partition coefficient (Wildman–Crippen LogP) is 1.08. The standard InChI is InChI=1S/C9H9FN2O/c1-4-6-3-11-9(13)8(6)12-5(2)7(4)10/h3H2,1-2H3,(H,11,13). The third kappa shape index (κ3) is 1.02. The molecule has 0 saturated carbocycles. The van der Waals surface area contributed by atoms with E-state index < -0.39 is 0 Å². The number of carbonyl (C=O) groups excluding carboxylic acids is 1. The molecule has 1 aromatic rings. The number of nitrogens with zero attached hydrogens (tertiary/aromatic N) is 1. The fourth-order valence-corrected chi connectivity index (χ4v) is 1.52. The summed E-state index contributed by atoms with van der Waals surface area (Å²) in [6, 6.07) is 0. The van der Waals surface area contributed by atoms with Crippen molar-refractivity contribution in [2.75, 3.05) is 0 Å². The SMILES string of the molecule is Cc1nc2c(c(C)c1F)CNC2=O. The number of hydrogen-bond acceptors (Lipinski definition) is 2. The van der Waals surface area contributed by atoms with Crippen molar-refractivity contribution in [3.05, 3.63) is 28.3 Å². The molecule has 1 N–H and O–H groups in total. The Bertz CT molecular complexity index is 401. The van der Waals surface area contributed by atoms with Crippen molar-refractivity contribution in [1.29, 1.82) is 0 Å². The molecule has 1 amide bonds. The molecular formula is C9H9FN2O. The Hall–Kier alpha value is -1.45. The van der Waals surface area contributed by atoms with E-state index in [1.165, 1.54) is 0 Å². The van der Waals surface area contributed by atoms with Crippen LogP contribution in [0, 0.1) is 19.7 Å². The average molecular weight is 180 g/mol. The Kier molecular flexibility index (Phi) is 1.58. The van der Waals surface area contributed by atoms with Gasteiger partial charge < -0.3 is 5.32 Å². The van der Waals surface area contributed by atoms with Crippen LogP contribution in [-0.4, -0.2) is 10.9 Å². The molecule has 3 nitrogen and oxygen atoms in total. The van der Waals surface area contributed by atoms with Crippen LogP contribution in [0.15, 0.2) is 0 Å². The second-order valence-electron chi connectivity index (χ2n) is 3.15. The molecule has 68 valence electrons. The second-order valence-corrected chi connectivity index (χ2v) is 3.15. The first kappa shape index (κ1) is 8.16. The first-order valence-electron chi connectivity index (χ1n) is 4.05. The molecule has 0 atom stereocenters. The lowest BCUT2D eigenvalue weighted by Gasteiger charge is -2.04. The molecule has 1 aliphatic heterocycles. The van der Waals surface area contributed by atoms with E-state index in [1.807, 2.05) is 0 Å². The molecule has 0 saturated heterocycles. The van der Waals surface area contributed by atoms with Gasteiger partial charge in [0.05, 0.1) is 5.69 Å². The maximum absolute atomic E-state index is 13.3. The highest BCUT2D eigenvalue weighted by molar-refractivity contribution is 5.96. The van der Waals surface area contributed by atoms with Gasteiger partial charge in [-0.25, -0.2) is 9.37 Å². The molecule has 0 aromatic carbocycles. The fraction of sp³-hybridized carbons (Fsp3) is 0.333. The summed E-state index contributed by atoms with van der Waals surface area (Å²) in [6.07, 6.45) is 0. The normalized spacial score (nSPS) is 14.2. The number of fused-ring (bicyclic) bond motifs is 1. The number of carbonyl (C=O) groups is 1. The van der Waals surface area contributed by atoms with Gasteiger partial charge in [0.2, 0.25) is 0 Å². The number of halogens is 1. The molecule has 1 aromatic heterocycles. The van der Waals surface area contributed by atoms with Gasteiger partial charge in [0.25, 0.3) is 5.91 Å². The van der Waals surface area contributed by atoms with Crippen molar-refractivity contribution in [2.45, 2.75) is 20.4 Å². The molecule has 2 heterocycles. The maximum Gasteiger partial charge on any atom is 0.270 e. The van der Waals surface area contributed by atoms with Crippen molar-refractivity contribution in [1.82, 2.24) is 10.3 Å². The Morgan fingerprint density at radius 3 is 2.85 bits per heavy atom. The van der Waals surface area contributed by atoms with Gasteiger partial charge in [0, 0.05) is 12.1 Å². The van der Waals surface area contributed by atoms with Crippen LogP contribution in [0.3, 0.4) is 0 Å². The minimum absolute atomic E-state index is 0.207. The summed E-state index contributed by atoms with van der Waals surface area (Å²) in [5.41, 5.74) is 1.87. The van der Waals surface area contributed by atoms with Crippen molar-refractivity contribution >= 4 is 5.91 Å². The molecule has 0 unspecified atom stereocenters. The summed E-state index contributed by atoms with van der Waals surface area (Å²) < 4.78 is 13.3. The lowest BCUT2D eigenvalue weighted by atomic mass is 10.1. The van der Waals surface area contributed by atoms with Gasteiger partial charge in [-0.2, -0.15) is 0 Å². The Balaban J connectivity index is 2.74. The zero-order chi connectivity index (χ0) is 9.59. The van der Waals surface area contributed by atoms with Gasteiger partial charge in [-0.1, -0.05) is 0 Å². The van der Waals surface area contributed by atoms with Crippen LogP contribution in [0.4, 0.5) is 4.39 Å². The van der Waals surface area contributed by atoms with Gasteiger partial charge in [-0.05, 0) is 19.4 Å². The quantitative estimate of drug-likeness (QED) is 0.649. The van der Waals surface area contributed by atoms with E-state index in [2.05, 4.69) is 10.3 Å². The summed E-state index contributed by atoms with van der Waals surface area (Å²) >= 11 is 0. The fourth-order valence-electron chi connectivity index (χ4n) is 1.52. The van der Waals surface area contributed by atoms with Gasteiger partial charge >= 0.3 is 0 Å². The van der Waals surface area contributed by atoms with Crippen LogP contribution in [0.25, 0.3) is 0 Å². The molecule has 0 bridgehead atoms. The second kappa shape index (κ2) is 2.52. The van der Waals surface area contributed by atoms with Crippen LogP contribution in [-0.2, 0) is 6.54 Å². The minimum Gasteiger partial charge on any atom is -0.347 e. The lowest BCUT2D eigenvalue weighted by molar-refractivity contribution is 0.0961. The number of nitrogens with one attached hydrogen (secondary N) is 1. The van der Waals surface area contributed by atoms with Gasteiger partial charge in [-0.15, -0.1) is 0 Å². The number of rotatable bonds is 0. The smallest absolute Gasteiger partial charge is 0.270 e. The zero-order valence-electron chi connectivity index (χ0n) is 7.44. The van der Waals surface area contributed by atoms with E-state index in [4.69, 9.17) is 0 Å². The van der Waals surface area contributed by atoms with E-state index in [9.17, 15) is 9.18 Å². The molecule has 1 aliphatic rings. The van der Waals surface area contributed by atoms with Crippen molar-refractivity contribution in [3.63, 3.8) is 0 Å². The molecular weight excluding hydrogens is 171 g/mol. The zero-order valence-corrected chi connectivity index (χ0v) is 7.44. The van der Waals surface area contributed by atoms with Crippen LogP contribution in [0.2, 0.25) is 0 Å². The highest BCUT2D eigenvalue weighted by Crippen LogP contribution is 2.21.